The summed E-state index contributed by atoms with van der Waals surface area (Å²) in [6, 6.07) is 5.72. The van der Waals surface area contributed by atoms with Gasteiger partial charge < -0.3 is 10.6 Å². The summed E-state index contributed by atoms with van der Waals surface area (Å²) < 4.78 is 0.981. The van der Waals surface area contributed by atoms with Gasteiger partial charge in [-0.2, -0.15) is 0 Å². The maximum absolute atomic E-state index is 12.2. The molecule has 2 N–H and O–H groups in total. The zero-order valence-electron chi connectivity index (χ0n) is 15.1. The summed E-state index contributed by atoms with van der Waals surface area (Å²) in [7, 11) is 1.79. The number of amides is 2. The Labute approximate surface area is 158 Å². The van der Waals surface area contributed by atoms with E-state index in [4.69, 9.17) is 0 Å². The second-order valence-corrected chi connectivity index (χ2v) is 7.90. The van der Waals surface area contributed by atoms with E-state index in [2.05, 4.69) is 26.6 Å². The molecule has 0 unspecified atom stereocenters. The predicted octanol–water partition coefficient (Wildman–Crippen LogP) is 3.32. The Morgan fingerprint density at radius 3 is 2.52 bits per heavy atom. The first-order chi connectivity index (χ1) is 11.9. The zero-order valence-corrected chi connectivity index (χ0v) is 16.7. The molecule has 1 aromatic carbocycles. The third kappa shape index (κ3) is 7.16. The topological polar surface area (TPSA) is 61.4 Å². The molecule has 1 aliphatic carbocycles. The van der Waals surface area contributed by atoms with Crippen molar-refractivity contribution in [3.8, 4) is 0 Å². The number of nitrogens with one attached hydrogen (secondary N) is 2. The van der Waals surface area contributed by atoms with Crippen molar-refractivity contribution in [3.05, 3.63) is 28.2 Å². The SMILES string of the molecule is Cc1cc(Br)ccc1NC(=O)CN(C)CC(=O)NCC1CCCCC1. The third-order valence-corrected chi connectivity index (χ3v) is 5.10. The molecule has 0 heterocycles. The Kier molecular flexibility index (Phi) is 7.90. The van der Waals surface area contributed by atoms with E-state index in [0.29, 0.717) is 5.92 Å². The summed E-state index contributed by atoms with van der Waals surface area (Å²) in [6.45, 7) is 3.13. The number of rotatable bonds is 7. The number of likely N-dealkylation sites (N-methyl/N-ethyl adjacent to an activating group) is 1. The molecule has 0 bridgehead atoms. The minimum atomic E-state index is -0.118. The van der Waals surface area contributed by atoms with Gasteiger partial charge in [-0.1, -0.05) is 35.2 Å². The zero-order chi connectivity index (χ0) is 18.2. The van der Waals surface area contributed by atoms with Crippen LogP contribution in [0.1, 0.15) is 37.7 Å². The largest absolute Gasteiger partial charge is 0.355 e. The van der Waals surface area contributed by atoms with Crippen molar-refractivity contribution in [3.63, 3.8) is 0 Å². The Balaban J connectivity index is 1.70. The van der Waals surface area contributed by atoms with E-state index in [1.165, 1.54) is 32.1 Å². The van der Waals surface area contributed by atoms with Gasteiger partial charge in [0, 0.05) is 16.7 Å². The number of benzene rings is 1. The lowest BCUT2D eigenvalue weighted by molar-refractivity contribution is -0.123. The van der Waals surface area contributed by atoms with Gasteiger partial charge in [0.25, 0.3) is 0 Å². The van der Waals surface area contributed by atoms with Crippen molar-refractivity contribution in [2.45, 2.75) is 39.0 Å². The van der Waals surface area contributed by atoms with Crippen molar-refractivity contribution in [2.24, 2.45) is 5.92 Å². The molecular formula is C19H28BrN3O2. The maximum atomic E-state index is 12.2. The van der Waals surface area contributed by atoms with E-state index < -0.39 is 0 Å². The molecule has 0 atom stereocenters. The minimum absolute atomic E-state index is 0.0132. The first kappa shape index (κ1) is 19.9. The monoisotopic (exact) mass is 409 g/mol. The molecule has 6 heteroatoms. The van der Waals surface area contributed by atoms with Gasteiger partial charge in [-0.15, -0.1) is 0 Å². The number of carbonyl (C=O) groups excluding carboxylic acids is 2. The lowest BCUT2D eigenvalue weighted by Gasteiger charge is -2.22. The number of hydrogen-bond donors (Lipinski definition) is 2. The first-order valence-electron chi connectivity index (χ1n) is 8.95. The second kappa shape index (κ2) is 9.92. The molecule has 0 aromatic heterocycles. The smallest absolute Gasteiger partial charge is 0.238 e. The quantitative estimate of drug-likeness (QED) is 0.725. The highest BCUT2D eigenvalue weighted by molar-refractivity contribution is 9.10. The van der Waals surface area contributed by atoms with Crippen LogP contribution in [0.25, 0.3) is 0 Å². The summed E-state index contributed by atoms with van der Waals surface area (Å²) >= 11 is 3.41. The van der Waals surface area contributed by atoms with Crippen molar-refractivity contribution in [2.75, 3.05) is 32.0 Å². The molecule has 5 nitrogen and oxygen atoms in total. The molecule has 2 rings (SSSR count). The predicted molar refractivity (Wildman–Crippen MR) is 105 cm³/mol. The molecule has 1 fully saturated rings. The molecule has 2 amide bonds. The van der Waals surface area contributed by atoms with Crippen LogP contribution in [0.4, 0.5) is 5.69 Å². The van der Waals surface area contributed by atoms with Crippen LogP contribution >= 0.6 is 15.9 Å². The van der Waals surface area contributed by atoms with E-state index in [0.717, 1.165) is 22.3 Å². The number of nitrogens with zero attached hydrogens (tertiary/aromatic N) is 1. The van der Waals surface area contributed by atoms with Gasteiger partial charge >= 0.3 is 0 Å². The third-order valence-electron chi connectivity index (χ3n) is 4.60. The number of carbonyl (C=O) groups is 2. The Morgan fingerprint density at radius 2 is 1.84 bits per heavy atom. The molecule has 0 radical (unpaired) electrons. The molecule has 1 aliphatic rings. The van der Waals surface area contributed by atoms with Gasteiger partial charge in [0.1, 0.15) is 0 Å². The Bertz CT molecular complexity index is 600. The van der Waals surface area contributed by atoms with E-state index >= 15 is 0 Å². The molecule has 138 valence electrons. The van der Waals surface area contributed by atoms with Crippen molar-refractivity contribution >= 4 is 33.4 Å². The molecule has 25 heavy (non-hydrogen) atoms. The first-order valence-corrected chi connectivity index (χ1v) is 9.74. The van der Waals surface area contributed by atoms with Gasteiger partial charge in [-0.3, -0.25) is 14.5 Å². The average Bonchev–Trinajstić information content (AvgIpc) is 2.56. The minimum Gasteiger partial charge on any atom is -0.355 e. The van der Waals surface area contributed by atoms with E-state index in [9.17, 15) is 9.59 Å². The van der Waals surface area contributed by atoms with Crippen LogP contribution in [-0.4, -0.2) is 43.4 Å². The molecule has 0 saturated heterocycles. The molecule has 0 aliphatic heterocycles. The van der Waals surface area contributed by atoms with Gasteiger partial charge in [-0.05, 0) is 56.5 Å². The van der Waals surface area contributed by atoms with Gasteiger partial charge in [-0.25, -0.2) is 0 Å². The van der Waals surface area contributed by atoms with Crippen molar-refractivity contribution in [1.82, 2.24) is 10.2 Å². The number of hydrogen-bond acceptors (Lipinski definition) is 3. The summed E-state index contributed by atoms with van der Waals surface area (Å²) in [6.07, 6.45) is 6.29. The van der Waals surface area contributed by atoms with E-state index in [-0.39, 0.29) is 24.9 Å². The number of halogens is 1. The molecule has 0 spiro atoms. The maximum Gasteiger partial charge on any atom is 0.238 e. The lowest BCUT2D eigenvalue weighted by atomic mass is 9.89. The highest BCUT2D eigenvalue weighted by atomic mass is 79.9. The van der Waals surface area contributed by atoms with Crippen LogP contribution in [0, 0.1) is 12.8 Å². The van der Waals surface area contributed by atoms with Crippen molar-refractivity contribution < 1.29 is 9.59 Å². The average molecular weight is 410 g/mol. The summed E-state index contributed by atoms with van der Waals surface area (Å²) in [5, 5.41) is 5.90. The Hall–Kier alpha value is -1.40. The van der Waals surface area contributed by atoms with Crippen LogP contribution in [0.15, 0.2) is 22.7 Å². The molecule has 1 saturated carbocycles. The van der Waals surface area contributed by atoms with Crippen molar-refractivity contribution in [1.29, 1.82) is 0 Å². The molecular weight excluding hydrogens is 382 g/mol. The number of aryl methyl sites for hydroxylation is 1. The van der Waals surface area contributed by atoms with Crippen LogP contribution in [0.2, 0.25) is 0 Å². The Morgan fingerprint density at radius 1 is 1.16 bits per heavy atom. The number of anilines is 1. The summed E-state index contributed by atoms with van der Waals surface area (Å²) in [5.41, 5.74) is 1.79. The van der Waals surface area contributed by atoms with E-state index in [1.807, 2.05) is 25.1 Å². The van der Waals surface area contributed by atoms with Crippen LogP contribution in [-0.2, 0) is 9.59 Å². The van der Waals surface area contributed by atoms with Gasteiger partial charge in [0.05, 0.1) is 13.1 Å². The normalized spacial score (nSPS) is 15.2. The lowest BCUT2D eigenvalue weighted by Crippen LogP contribution is -2.40. The molecule has 1 aromatic rings. The summed E-state index contributed by atoms with van der Waals surface area (Å²) in [4.78, 5) is 25.9. The van der Waals surface area contributed by atoms with Crippen LogP contribution in [0.5, 0.6) is 0 Å². The standard InChI is InChI=1S/C19H28BrN3O2/c1-14-10-16(20)8-9-17(14)22-19(25)13-23(2)12-18(24)21-11-15-6-4-3-5-7-15/h8-10,15H,3-7,11-13H2,1-2H3,(H,21,24)(H,22,25). The highest BCUT2D eigenvalue weighted by Gasteiger charge is 2.16. The fourth-order valence-electron chi connectivity index (χ4n) is 3.21. The summed E-state index contributed by atoms with van der Waals surface area (Å²) in [5.74, 6) is 0.486. The second-order valence-electron chi connectivity index (χ2n) is 6.99. The van der Waals surface area contributed by atoms with Gasteiger partial charge in [0.15, 0.2) is 0 Å². The fourth-order valence-corrected chi connectivity index (χ4v) is 3.68. The van der Waals surface area contributed by atoms with E-state index in [1.54, 1.807) is 11.9 Å². The fraction of sp³-hybridized carbons (Fsp3) is 0.579. The van der Waals surface area contributed by atoms with Gasteiger partial charge in [0.2, 0.25) is 11.8 Å². The van der Waals surface area contributed by atoms with Crippen LogP contribution < -0.4 is 10.6 Å². The van der Waals surface area contributed by atoms with Crippen LogP contribution in [0.3, 0.4) is 0 Å². The highest BCUT2D eigenvalue weighted by Crippen LogP contribution is 2.22.